The highest BCUT2D eigenvalue weighted by molar-refractivity contribution is 7.13. The minimum absolute atomic E-state index is 0.112. The molecule has 4 rings (SSSR count). The van der Waals surface area contributed by atoms with Crippen molar-refractivity contribution >= 4 is 28.6 Å². The fraction of sp³-hybridized carbons (Fsp3) is 0.188. The first-order valence-corrected chi connectivity index (χ1v) is 8.70. The zero-order valence-corrected chi connectivity index (χ0v) is 14.4. The Bertz CT molecular complexity index is 1060. The van der Waals surface area contributed by atoms with Crippen LogP contribution in [0.25, 0.3) is 16.2 Å². The van der Waals surface area contributed by atoms with Crippen molar-refractivity contribution in [2.45, 2.75) is 19.9 Å². The summed E-state index contributed by atoms with van der Waals surface area (Å²) in [7, 11) is 0. The van der Waals surface area contributed by atoms with Gasteiger partial charge in [0.15, 0.2) is 5.65 Å². The third-order valence-corrected chi connectivity index (χ3v) is 4.95. The van der Waals surface area contributed by atoms with Crippen LogP contribution in [0.2, 0.25) is 5.02 Å². The lowest BCUT2D eigenvalue weighted by molar-refractivity contribution is 0.607. The molecular formula is C16H14ClN5OS. The van der Waals surface area contributed by atoms with E-state index in [1.54, 1.807) is 34.5 Å². The lowest BCUT2D eigenvalue weighted by atomic mass is 10.2. The van der Waals surface area contributed by atoms with Crippen molar-refractivity contribution in [3.05, 3.63) is 62.6 Å². The van der Waals surface area contributed by atoms with Crippen LogP contribution in [-0.4, -0.2) is 24.4 Å². The number of nitrogens with one attached hydrogen (secondary N) is 1. The first-order chi connectivity index (χ1) is 11.6. The molecule has 4 aromatic heterocycles. The van der Waals surface area contributed by atoms with Gasteiger partial charge in [-0.1, -0.05) is 17.7 Å². The molecule has 0 aliphatic heterocycles. The van der Waals surface area contributed by atoms with Gasteiger partial charge in [0.25, 0.3) is 5.56 Å². The van der Waals surface area contributed by atoms with Gasteiger partial charge in [0, 0.05) is 30.8 Å². The molecule has 0 fully saturated rings. The summed E-state index contributed by atoms with van der Waals surface area (Å²) >= 11 is 7.49. The number of hydrogen-bond acceptors (Lipinski definition) is 4. The van der Waals surface area contributed by atoms with Crippen LogP contribution >= 0.6 is 22.9 Å². The van der Waals surface area contributed by atoms with Crippen LogP contribution in [0, 0.1) is 6.92 Å². The van der Waals surface area contributed by atoms with Crippen molar-refractivity contribution in [3.63, 3.8) is 0 Å². The molecule has 122 valence electrons. The van der Waals surface area contributed by atoms with Crippen LogP contribution in [0.4, 0.5) is 0 Å². The average Bonchev–Trinajstić information content (AvgIpc) is 3.27. The molecular weight excluding hydrogens is 346 g/mol. The van der Waals surface area contributed by atoms with E-state index < -0.39 is 0 Å². The van der Waals surface area contributed by atoms with E-state index in [1.165, 1.54) is 4.52 Å². The van der Waals surface area contributed by atoms with Crippen molar-refractivity contribution in [2.75, 3.05) is 0 Å². The van der Waals surface area contributed by atoms with Crippen molar-refractivity contribution < 1.29 is 0 Å². The summed E-state index contributed by atoms with van der Waals surface area (Å²) in [6, 6.07) is 5.57. The molecule has 0 aliphatic rings. The minimum Gasteiger partial charge on any atom is -0.288 e. The summed E-state index contributed by atoms with van der Waals surface area (Å²) in [5, 5.41) is 9.90. The Labute approximate surface area is 146 Å². The van der Waals surface area contributed by atoms with Gasteiger partial charge in [0.05, 0.1) is 27.5 Å². The molecule has 0 aliphatic carbocycles. The monoisotopic (exact) mass is 359 g/mol. The van der Waals surface area contributed by atoms with Crippen LogP contribution in [0.1, 0.15) is 11.3 Å². The number of thiophene rings is 1. The first kappa shape index (κ1) is 15.2. The van der Waals surface area contributed by atoms with E-state index in [2.05, 4.69) is 15.2 Å². The molecule has 1 N–H and O–H groups in total. The Morgan fingerprint density at radius 2 is 2.29 bits per heavy atom. The van der Waals surface area contributed by atoms with E-state index >= 15 is 0 Å². The van der Waals surface area contributed by atoms with Gasteiger partial charge >= 0.3 is 0 Å². The van der Waals surface area contributed by atoms with Crippen LogP contribution in [0.15, 0.2) is 40.8 Å². The topological polar surface area (TPSA) is 68.0 Å². The highest BCUT2D eigenvalue weighted by atomic mass is 35.5. The summed E-state index contributed by atoms with van der Waals surface area (Å²) < 4.78 is 3.24. The molecule has 0 bridgehead atoms. The van der Waals surface area contributed by atoms with Gasteiger partial charge in [0.2, 0.25) is 0 Å². The maximum atomic E-state index is 12.4. The van der Waals surface area contributed by atoms with Gasteiger partial charge in [-0.05, 0) is 18.4 Å². The second-order valence-corrected chi connectivity index (χ2v) is 6.89. The van der Waals surface area contributed by atoms with Gasteiger partial charge in [-0.3, -0.25) is 14.6 Å². The predicted molar refractivity (Wildman–Crippen MR) is 94.8 cm³/mol. The predicted octanol–water partition coefficient (Wildman–Crippen LogP) is 3.15. The molecule has 0 amide bonds. The molecule has 0 saturated heterocycles. The summed E-state index contributed by atoms with van der Waals surface area (Å²) in [6.45, 7) is 2.60. The molecule has 0 spiro atoms. The third kappa shape index (κ3) is 2.65. The molecule has 4 heterocycles. The number of fused-ring (bicyclic) bond motifs is 1. The zero-order chi connectivity index (χ0) is 16.7. The van der Waals surface area contributed by atoms with Gasteiger partial charge in [0.1, 0.15) is 0 Å². The Balaban J connectivity index is 1.71. The Morgan fingerprint density at radius 3 is 3.00 bits per heavy atom. The second-order valence-electron chi connectivity index (χ2n) is 5.51. The fourth-order valence-electron chi connectivity index (χ4n) is 2.68. The number of aromatic nitrogens is 5. The fourth-order valence-corrected chi connectivity index (χ4v) is 3.61. The average molecular weight is 360 g/mol. The highest BCUT2D eigenvalue weighted by Crippen LogP contribution is 2.27. The van der Waals surface area contributed by atoms with Crippen LogP contribution < -0.4 is 5.56 Å². The van der Waals surface area contributed by atoms with E-state index in [9.17, 15) is 4.79 Å². The quantitative estimate of drug-likeness (QED) is 0.608. The molecule has 24 heavy (non-hydrogen) atoms. The molecule has 0 aromatic carbocycles. The van der Waals surface area contributed by atoms with Crippen LogP contribution in [0.5, 0.6) is 0 Å². The molecule has 0 atom stereocenters. The summed E-state index contributed by atoms with van der Waals surface area (Å²) in [5.74, 6) is 0. The first-order valence-electron chi connectivity index (χ1n) is 7.45. The molecule has 6 nitrogen and oxygen atoms in total. The third-order valence-electron chi connectivity index (χ3n) is 3.87. The number of aromatic amines is 1. The van der Waals surface area contributed by atoms with E-state index in [4.69, 9.17) is 11.6 Å². The molecule has 4 aromatic rings. The van der Waals surface area contributed by atoms with Crippen LogP contribution in [0.3, 0.4) is 0 Å². The number of rotatable bonds is 4. The Morgan fingerprint density at radius 1 is 1.42 bits per heavy atom. The smallest absolute Gasteiger partial charge is 0.272 e. The van der Waals surface area contributed by atoms with E-state index in [0.717, 1.165) is 21.8 Å². The van der Waals surface area contributed by atoms with Crippen LogP contribution in [-0.2, 0) is 13.0 Å². The van der Waals surface area contributed by atoms with Gasteiger partial charge in [-0.15, -0.1) is 11.3 Å². The van der Waals surface area contributed by atoms with E-state index in [0.29, 0.717) is 23.6 Å². The maximum Gasteiger partial charge on any atom is 0.272 e. The van der Waals surface area contributed by atoms with Gasteiger partial charge in [-0.2, -0.15) is 5.10 Å². The molecule has 8 heteroatoms. The number of halogens is 1. The second kappa shape index (κ2) is 5.92. The van der Waals surface area contributed by atoms with Crippen molar-refractivity contribution in [3.8, 4) is 10.6 Å². The largest absolute Gasteiger partial charge is 0.288 e. The Hall–Kier alpha value is -2.38. The number of aryl methyl sites for hydroxylation is 3. The molecule has 0 unspecified atom stereocenters. The summed E-state index contributed by atoms with van der Waals surface area (Å²) in [6.07, 6.45) is 3.96. The zero-order valence-electron chi connectivity index (χ0n) is 12.9. The highest BCUT2D eigenvalue weighted by Gasteiger charge is 2.14. The number of hydrogen-bond donors (Lipinski definition) is 1. The van der Waals surface area contributed by atoms with Crippen molar-refractivity contribution in [2.24, 2.45) is 0 Å². The molecule has 0 saturated carbocycles. The van der Waals surface area contributed by atoms with E-state index in [1.807, 2.05) is 24.4 Å². The maximum absolute atomic E-state index is 12.4. The summed E-state index contributed by atoms with van der Waals surface area (Å²) in [5.41, 5.74) is 3.20. The number of nitrogens with zero attached hydrogens (tertiary/aromatic N) is 4. The van der Waals surface area contributed by atoms with E-state index in [-0.39, 0.29) is 5.56 Å². The van der Waals surface area contributed by atoms with Crippen molar-refractivity contribution in [1.82, 2.24) is 24.4 Å². The SMILES string of the molecule is Cc1c(-c2cccs2)[nH]n2c(=O)cc(CCn3cc(Cl)cn3)nc12. The van der Waals surface area contributed by atoms with Gasteiger partial charge in [-0.25, -0.2) is 9.50 Å². The van der Waals surface area contributed by atoms with Gasteiger partial charge < -0.3 is 0 Å². The minimum atomic E-state index is -0.112. The lowest BCUT2D eigenvalue weighted by Gasteiger charge is -2.02. The normalized spacial score (nSPS) is 11.4. The summed E-state index contributed by atoms with van der Waals surface area (Å²) in [4.78, 5) is 18.1. The Kier molecular flexibility index (Phi) is 3.74. The number of H-pyrrole nitrogens is 1. The molecule has 0 radical (unpaired) electrons. The van der Waals surface area contributed by atoms with Crippen molar-refractivity contribution in [1.29, 1.82) is 0 Å². The lowest BCUT2D eigenvalue weighted by Crippen LogP contribution is -2.16. The standard InChI is InChI=1S/C16H14ClN5OS/c1-10-15(13-3-2-6-24-13)20-22-14(23)7-12(19-16(10)22)4-5-21-9-11(17)8-18-21/h2-3,6-9,20H,4-5H2,1H3.